The molecule has 0 unspecified atom stereocenters. The van der Waals surface area contributed by atoms with Gasteiger partial charge in [-0.15, -0.1) is 0 Å². The Morgan fingerprint density at radius 2 is 2.08 bits per heavy atom. The Morgan fingerprint density at radius 3 is 2.68 bits per heavy atom. The van der Waals surface area contributed by atoms with E-state index in [9.17, 15) is 13.2 Å². The molecule has 2 aliphatic rings. The summed E-state index contributed by atoms with van der Waals surface area (Å²) in [7, 11) is -0.0197. The highest BCUT2D eigenvalue weighted by Crippen LogP contribution is 2.39. The predicted molar refractivity (Wildman–Crippen MR) is 102 cm³/mol. The molecule has 1 aromatic rings. The molecule has 2 heterocycles. The largest absolute Gasteiger partial charge is 0.493 e. The third-order valence-corrected chi connectivity index (χ3v) is 7.20. The molecular weight excluding hydrogens is 382 g/mol. The molecule has 0 saturated carbocycles. The summed E-state index contributed by atoms with van der Waals surface area (Å²) in [5.74, 6) is 0.890. The van der Waals surface area contributed by atoms with E-state index < -0.39 is 9.84 Å². The van der Waals surface area contributed by atoms with Crippen molar-refractivity contribution in [1.29, 1.82) is 0 Å². The van der Waals surface area contributed by atoms with E-state index in [0.29, 0.717) is 32.7 Å². The quantitative estimate of drug-likeness (QED) is 0.567. The average Bonchev–Trinajstić information content (AvgIpc) is 3.06. The first-order valence-corrected chi connectivity index (χ1v) is 10.6. The van der Waals surface area contributed by atoms with Gasteiger partial charge < -0.3 is 9.47 Å². The molecule has 2 fully saturated rings. The van der Waals surface area contributed by atoms with Crippen LogP contribution in [0.25, 0.3) is 6.08 Å². The number of ether oxygens (including phenoxy) is 2. The van der Waals surface area contributed by atoms with Crippen LogP contribution >= 0.6 is 24.0 Å². The molecule has 0 aliphatic carbocycles. The molecule has 1 aromatic carbocycles. The van der Waals surface area contributed by atoms with Crippen molar-refractivity contribution in [3.05, 3.63) is 28.7 Å². The van der Waals surface area contributed by atoms with Crippen molar-refractivity contribution in [2.45, 2.75) is 12.5 Å². The molecule has 9 heteroatoms. The Kier molecular flexibility index (Phi) is 5.08. The van der Waals surface area contributed by atoms with Gasteiger partial charge in [0.1, 0.15) is 4.32 Å². The maximum atomic E-state index is 12.8. The number of hydrogen-bond donors (Lipinski definition) is 0. The number of carbonyl (C=O) groups excluding carboxylic acids is 1. The van der Waals surface area contributed by atoms with Gasteiger partial charge in [0, 0.05) is 5.56 Å². The van der Waals surface area contributed by atoms with Crippen LogP contribution in [0.2, 0.25) is 0 Å². The van der Waals surface area contributed by atoms with Crippen LogP contribution < -0.4 is 9.47 Å². The number of para-hydroxylation sites is 1. The Morgan fingerprint density at radius 1 is 1.32 bits per heavy atom. The highest BCUT2D eigenvalue weighted by Gasteiger charge is 2.42. The lowest BCUT2D eigenvalue weighted by Gasteiger charge is -2.20. The van der Waals surface area contributed by atoms with Crippen molar-refractivity contribution in [3.63, 3.8) is 0 Å². The smallest absolute Gasteiger partial charge is 0.266 e. The van der Waals surface area contributed by atoms with E-state index >= 15 is 0 Å². The Bertz CT molecular complexity index is 863. The van der Waals surface area contributed by atoms with Crippen LogP contribution in [0.1, 0.15) is 12.0 Å². The number of benzene rings is 1. The molecule has 2 aliphatic heterocycles. The second kappa shape index (κ2) is 6.97. The highest BCUT2D eigenvalue weighted by molar-refractivity contribution is 8.26. The number of rotatable bonds is 4. The van der Waals surface area contributed by atoms with Crippen molar-refractivity contribution in [2.75, 3.05) is 25.7 Å². The predicted octanol–water partition coefficient (Wildman–Crippen LogP) is 2.09. The molecule has 1 amide bonds. The first-order valence-electron chi connectivity index (χ1n) is 7.55. The van der Waals surface area contributed by atoms with E-state index in [1.807, 2.05) is 6.07 Å². The molecular formula is C16H17NO5S3. The number of amides is 1. The molecule has 0 radical (unpaired) electrons. The maximum Gasteiger partial charge on any atom is 0.266 e. The van der Waals surface area contributed by atoms with Crippen LogP contribution in [0.15, 0.2) is 23.1 Å². The van der Waals surface area contributed by atoms with Crippen LogP contribution in [-0.2, 0) is 14.6 Å². The van der Waals surface area contributed by atoms with Crippen molar-refractivity contribution >= 4 is 50.1 Å². The summed E-state index contributed by atoms with van der Waals surface area (Å²) in [4.78, 5) is 14.6. The number of carbonyl (C=O) groups is 1. The van der Waals surface area contributed by atoms with Gasteiger partial charge in [-0.1, -0.05) is 36.1 Å². The number of sulfone groups is 1. The maximum absolute atomic E-state index is 12.8. The SMILES string of the molecule is COc1cccc(/C=C2\SC(=S)N([C@H]3CCS(=O)(=O)C3)C2=O)c1OC. The fourth-order valence-electron chi connectivity index (χ4n) is 2.94. The van der Waals surface area contributed by atoms with Gasteiger partial charge >= 0.3 is 0 Å². The van der Waals surface area contributed by atoms with Gasteiger partial charge in [0.2, 0.25) is 0 Å². The zero-order valence-electron chi connectivity index (χ0n) is 13.7. The van der Waals surface area contributed by atoms with Gasteiger partial charge in [0.25, 0.3) is 5.91 Å². The van der Waals surface area contributed by atoms with Crippen molar-refractivity contribution in [1.82, 2.24) is 4.90 Å². The normalized spacial score (nSPS) is 24.2. The van der Waals surface area contributed by atoms with Gasteiger partial charge in [-0.25, -0.2) is 8.42 Å². The van der Waals surface area contributed by atoms with Gasteiger partial charge in [-0.3, -0.25) is 9.69 Å². The van der Waals surface area contributed by atoms with Crippen LogP contribution in [0.4, 0.5) is 0 Å². The minimum absolute atomic E-state index is 0.0325. The standard InChI is InChI=1S/C16H17NO5S3/c1-21-12-5-3-4-10(14(12)22-2)8-13-15(18)17(16(23)24-13)11-6-7-25(19,20)9-11/h3-5,8,11H,6-7,9H2,1-2H3/b13-8-/t11-/m0/s1. The number of thiocarbonyl (C=S) groups is 1. The van der Waals surface area contributed by atoms with Crippen LogP contribution in [0, 0.1) is 0 Å². The minimum Gasteiger partial charge on any atom is -0.493 e. The second-order valence-corrected chi connectivity index (χ2v) is 9.60. The summed E-state index contributed by atoms with van der Waals surface area (Å²) in [6.07, 6.45) is 2.12. The average molecular weight is 400 g/mol. The van der Waals surface area contributed by atoms with Crippen molar-refractivity contribution in [2.24, 2.45) is 0 Å². The molecule has 1 atom stereocenters. The molecule has 3 rings (SSSR count). The Balaban J connectivity index is 1.91. The van der Waals surface area contributed by atoms with Gasteiger partial charge in [-0.05, 0) is 18.6 Å². The fourth-order valence-corrected chi connectivity index (χ4v) is 6.03. The zero-order valence-corrected chi connectivity index (χ0v) is 16.2. The van der Waals surface area contributed by atoms with E-state index in [1.165, 1.54) is 23.8 Å². The number of thioether (sulfide) groups is 1. The summed E-state index contributed by atoms with van der Waals surface area (Å²) in [5.41, 5.74) is 0.696. The van der Waals surface area contributed by atoms with Crippen LogP contribution in [0.3, 0.4) is 0 Å². The summed E-state index contributed by atoms with van der Waals surface area (Å²) in [6.45, 7) is 0. The summed E-state index contributed by atoms with van der Waals surface area (Å²) in [5, 5.41) is 0. The Labute approximate surface area is 156 Å². The third-order valence-electron chi connectivity index (χ3n) is 4.12. The molecule has 2 saturated heterocycles. The van der Waals surface area contributed by atoms with Crippen LogP contribution in [-0.4, -0.2) is 55.3 Å². The third kappa shape index (κ3) is 3.54. The topological polar surface area (TPSA) is 72.9 Å². The summed E-state index contributed by atoms with van der Waals surface area (Å²) >= 11 is 6.48. The molecule has 0 N–H and O–H groups in total. The number of methoxy groups -OCH3 is 2. The molecule has 0 bridgehead atoms. The summed E-state index contributed by atoms with van der Waals surface area (Å²) < 4.78 is 34.4. The Hall–Kier alpha value is -1.58. The lowest BCUT2D eigenvalue weighted by Crippen LogP contribution is -2.39. The first-order chi connectivity index (χ1) is 11.9. The molecule has 0 spiro atoms. The van der Waals surface area contributed by atoms with E-state index in [-0.39, 0.29) is 23.5 Å². The van der Waals surface area contributed by atoms with Gasteiger partial charge in [0.15, 0.2) is 21.3 Å². The number of nitrogens with zero attached hydrogens (tertiary/aromatic N) is 1. The fraction of sp³-hybridized carbons (Fsp3) is 0.375. The van der Waals surface area contributed by atoms with Gasteiger partial charge in [-0.2, -0.15) is 0 Å². The van der Waals surface area contributed by atoms with Crippen LogP contribution in [0.5, 0.6) is 11.5 Å². The lowest BCUT2D eigenvalue weighted by atomic mass is 10.1. The lowest BCUT2D eigenvalue weighted by molar-refractivity contribution is -0.123. The van der Waals surface area contributed by atoms with Crippen molar-refractivity contribution < 1.29 is 22.7 Å². The zero-order chi connectivity index (χ0) is 18.2. The molecule has 0 aromatic heterocycles. The first kappa shape index (κ1) is 18.2. The van der Waals surface area contributed by atoms with Gasteiger partial charge in [0.05, 0.1) is 36.7 Å². The number of hydrogen-bond acceptors (Lipinski definition) is 7. The minimum atomic E-state index is -3.09. The molecule has 6 nitrogen and oxygen atoms in total. The molecule has 134 valence electrons. The van der Waals surface area contributed by atoms with E-state index in [0.717, 1.165) is 0 Å². The molecule has 25 heavy (non-hydrogen) atoms. The van der Waals surface area contributed by atoms with E-state index in [1.54, 1.807) is 25.3 Å². The highest BCUT2D eigenvalue weighted by atomic mass is 32.2. The van der Waals surface area contributed by atoms with E-state index in [2.05, 4.69) is 0 Å². The second-order valence-electron chi connectivity index (χ2n) is 5.69. The van der Waals surface area contributed by atoms with Crippen molar-refractivity contribution in [3.8, 4) is 11.5 Å². The summed E-state index contributed by atoms with van der Waals surface area (Å²) in [6, 6.07) is 5.01. The van der Waals surface area contributed by atoms with E-state index in [4.69, 9.17) is 21.7 Å². The monoisotopic (exact) mass is 399 g/mol.